The van der Waals surface area contributed by atoms with Crippen molar-refractivity contribution in [2.75, 3.05) is 13.7 Å². The Kier molecular flexibility index (Phi) is 3.45. The molecule has 0 aliphatic rings. The zero-order valence-electron chi connectivity index (χ0n) is 9.24. The van der Waals surface area contributed by atoms with E-state index >= 15 is 0 Å². The minimum absolute atomic E-state index is 0.317. The van der Waals surface area contributed by atoms with Crippen molar-refractivity contribution in [1.82, 2.24) is 4.57 Å². The van der Waals surface area contributed by atoms with E-state index in [1.54, 1.807) is 17.7 Å². The van der Waals surface area contributed by atoms with Gasteiger partial charge in [-0.2, -0.15) is 0 Å². The average Bonchev–Trinajstić information content (AvgIpc) is 2.57. The van der Waals surface area contributed by atoms with E-state index in [1.165, 1.54) is 12.1 Å². The van der Waals surface area contributed by atoms with E-state index in [0.29, 0.717) is 35.5 Å². The van der Waals surface area contributed by atoms with Gasteiger partial charge in [0.2, 0.25) is 0 Å². The summed E-state index contributed by atoms with van der Waals surface area (Å²) in [5.41, 5.74) is 1.05. The summed E-state index contributed by atoms with van der Waals surface area (Å²) in [5.74, 6) is -0.388. The molecule has 0 N–H and O–H groups in total. The maximum Gasteiger partial charge on any atom is 0.153 e. The highest BCUT2D eigenvalue weighted by Crippen LogP contribution is 2.29. The van der Waals surface area contributed by atoms with Crippen LogP contribution in [0.25, 0.3) is 10.9 Å². The van der Waals surface area contributed by atoms with Gasteiger partial charge in [-0.15, -0.1) is 0 Å². The lowest BCUT2D eigenvalue weighted by atomic mass is 10.2. The molecule has 0 amide bonds. The largest absolute Gasteiger partial charge is 0.383 e. The molecule has 90 valence electrons. The molecule has 0 fully saturated rings. The lowest BCUT2D eigenvalue weighted by Crippen LogP contribution is -2.04. The van der Waals surface area contributed by atoms with Gasteiger partial charge in [0.15, 0.2) is 6.29 Å². The van der Waals surface area contributed by atoms with Gasteiger partial charge >= 0.3 is 0 Å². The predicted octanol–water partition coefficient (Wildman–Crippen LogP) is 2.89. The molecule has 5 heteroatoms. The average molecular weight is 256 g/mol. The molecular formula is C12H11ClFNO2. The van der Waals surface area contributed by atoms with Crippen LogP contribution >= 0.6 is 11.6 Å². The number of hydrogen-bond acceptors (Lipinski definition) is 2. The van der Waals surface area contributed by atoms with Gasteiger partial charge in [-0.25, -0.2) is 4.39 Å². The second-order valence-electron chi connectivity index (χ2n) is 3.63. The van der Waals surface area contributed by atoms with Crippen LogP contribution in [0, 0.1) is 5.82 Å². The minimum atomic E-state index is -0.388. The van der Waals surface area contributed by atoms with Crippen LogP contribution in [0.4, 0.5) is 4.39 Å². The fourth-order valence-corrected chi connectivity index (χ4v) is 2.16. The molecule has 2 rings (SSSR count). The maximum atomic E-state index is 13.2. The number of rotatable bonds is 4. The molecule has 0 saturated heterocycles. The van der Waals surface area contributed by atoms with Gasteiger partial charge in [0.05, 0.1) is 17.7 Å². The molecule has 2 aromatic rings. The first kappa shape index (κ1) is 12.1. The summed E-state index contributed by atoms with van der Waals surface area (Å²) in [5, 5.41) is 0.846. The Morgan fingerprint density at radius 3 is 2.94 bits per heavy atom. The first-order chi connectivity index (χ1) is 8.19. The van der Waals surface area contributed by atoms with Crippen LogP contribution in [-0.4, -0.2) is 24.6 Å². The zero-order chi connectivity index (χ0) is 12.4. The van der Waals surface area contributed by atoms with Gasteiger partial charge in [-0.05, 0) is 18.2 Å². The molecule has 1 heterocycles. The molecule has 0 radical (unpaired) electrons. The van der Waals surface area contributed by atoms with Crippen LogP contribution in [0.2, 0.25) is 5.15 Å². The topological polar surface area (TPSA) is 31.2 Å². The Morgan fingerprint density at radius 1 is 1.53 bits per heavy atom. The molecule has 0 bridgehead atoms. The van der Waals surface area contributed by atoms with Crippen LogP contribution in [0.15, 0.2) is 18.2 Å². The van der Waals surface area contributed by atoms with E-state index in [9.17, 15) is 9.18 Å². The molecule has 0 saturated carbocycles. The van der Waals surface area contributed by atoms with Crippen molar-refractivity contribution in [2.24, 2.45) is 0 Å². The Balaban J connectivity index is 2.66. The fourth-order valence-electron chi connectivity index (χ4n) is 1.83. The summed E-state index contributed by atoms with van der Waals surface area (Å²) in [7, 11) is 1.58. The molecule has 0 spiro atoms. The number of benzene rings is 1. The first-order valence-electron chi connectivity index (χ1n) is 5.10. The van der Waals surface area contributed by atoms with E-state index < -0.39 is 0 Å². The quantitative estimate of drug-likeness (QED) is 0.787. The summed E-state index contributed by atoms with van der Waals surface area (Å²) in [6.45, 7) is 0.991. The highest BCUT2D eigenvalue weighted by atomic mass is 35.5. The van der Waals surface area contributed by atoms with Crippen molar-refractivity contribution in [1.29, 1.82) is 0 Å². The molecule has 0 atom stereocenters. The monoisotopic (exact) mass is 255 g/mol. The molecule has 3 nitrogen and oxygen atoms in total. The van der Waals surface area contributed by atoms with Crippen molar-refractivity contribution in [2.45, 2.75) is 6.54 Å². The third-order valence-electron chi connectivity index (χ3n) is 2.64. The van der Waals surface area contributed by atoms with Gasteiger partial charge in [-0.1, -0.05) is 11.6 Å². The molecule has 0 aliphatic heterocycles. The van der Waals surface area contributed by atoms with Gasteiger partial charge in [0, 0.05) is 19.0 Å². The number of hydrogen-bond donors (Lipinski definition) is 0. The standard InChI is InChI=1S/C12H11ClFNO2/c1-17-5-4-15-11-3-2-8(14)6-9(11)10(7-16)12(15)13/h2-3,6-7H,4-5H2,1H3. The van der Waals surface area contributed by atoms with E-state index in [4.69, 9.17) is 16.3 Å². The number of aromatic nitrogens is 1. The summed E-state index contributed by atoms with van der Waals surface area (Å²) < 4.78 is 19.9. The van der Waals surface area contributed by atoms with E-state index in [0.717, 1.165) is 5.52 Å². The second-order valence-corrected chi connectivity index (χ2v) is 3.99. The van der Waals surface area contributed by atoms with E-state index in [2.05, 4.69) is 0 Å². The Hall–Kier alpha value is -1.39. The summed E-state index contributed by atoms with van der Waals surface area (Å²) in [4.78, 5) is 11.0. The zero-order valence-corrected chi connectivity index (χ0v) is 10.00. The third kappa shape index (κ3) is 2.06. The Bertz CT molecular complexity index is 565. The normalized spacial score (nSPS) is 11.0. The van der Waals surface area contributed by atoms with Crippen LogP contribution < -0.4 is 0 Å². The van der Waals surface area contributed by atoms with Gasteiger partial charge in [0.25, 0.3) is 0 Å². The predicted molar refractivity (Wildman–Crippen MR) is 64.2 cm³/mol. The van der Waals surface area contributed by atoms with Crippen molar-refractivity contribution in [3.63, 3.8) is 0 Å². The number of carbonyl (C=O) groups is 1. The van der Waals surface area contributed by atoms with Crippen LogP contribution in [-0.2, 0) is 11.3 Å². The van der Waals surface area contributed by atoms with E-state index in [-0.39, 0.29) is 5.82 Å². The second kappa shape index (κ2) is 4.85. The maximum absolute atomic E-state index is 13.2. The number of carbonyl (C=O) groups excluding carboxylic acids is 1. The third-order valence-corrected chi connectivity index (χ3v) is 3.04. The smallest absolute Gasteiger partial charge is 0.153 e. The van der Waals surface area contributed by atoms with Crippen molar-refractivity contribution < 1.29 is 13.9 Å². The molecule has 1 aromatic heterocycles. The van der Waals surface area contributed by atoms with Gasteiger partial charge < -0.3 is 9.30 Å². The van der Waals surface area contributed by atoms with Crippen LogP contribution in [0.1, 0.15) is 10.4 Å². The van der Waals surface area contributed by atoms with E-state index in [1.807, 2.05) is 0 Å². The van der Waals surface area contributed by atoms with Gasteiger partial charge in [-0.3, -0.25) is 4.79 Å². The summed E-state index contributed by atoms with van der Waals surface area (Å²) in [6, 6.07) is 4.27. The van der Waals surface area contributed by atoms with Crippen molar-refractivity contribution >= 4 is 28.8 Å². The summed E-state index contributed by atoms with van der Waals surface area (Å²) in [6.07, 6.45) is 0.646. The Labute approximate surface area is 103 Å². The number of aldehydes is 1. The number of nitrogens with zero attached hydrogens (tertiary/aromatic N) is 1. The lowest BCUT2D eigenvalue weighted by Gasteiger charge is -2.05. The number of fused-ring (bicyclic) bond motifs is 1. The van der Waals surface area contributed by atoms with Crippen LogP contribution in [0.3, 0.4) is 0 Å². The fraction of sp³-hybridized carbons (Fsp3) is 0.250. The minimum Gasteiger partial charge on any atom is -0.383 e. The van der Waals surface area contributed by atoms with Crippen molar-refractivity contribution in [3.05, 3.63) is 34.7 Å². The molecule has 17 heavy (non-hydrogen) atoms. The van der Waals surface area contributed by atoms with Crippen LogP contribution in [0.5, 0.6) is 0 Å². The number of halogens is 2. The number of ether oxygens (including phenoxy) is 1. The highest BCUT2D eigenvalue weighted by molar-refractivity contribution is 6.34. The summed E-state index contributed by atoms with van der Waals surface area (Å²) >= 11 is 6.09. The van der Waals surface area contributed by atoms with Gasteiger partial charge in [0.1, 0.15) is 11.0 Å². The Morgan fingerprint density at radius 2 is 2.29 bits per heavy atom. The SMILES string of the molecule is COCCn1c(Cl)c(C=O)c2cc(F)ccc21. The van der Waals surface area contributed by atoms with Crippen molar-refractivity contribution in [3.8, 4) is 0 Å². The molecule has 0 aliphatic carbocycles. The number of methoxy groups -OCH3 is 1. The highest BCUT2D eigenvalue weighted by Gasteiger charge is 2.15. The first-order valence-corrected chi connectivity index (χ1v) is 5.48. The lowest BCUT2D eigenvalue weighted by molar-refractivity contribution is 0.112. The molecule has 1 aromatic carbocycles. The molecular weight excluding hydrogens is 245 g/mol. The molecule has 0 unspecified atom stereocenters.